The Kier molecular flexibility index (Phi) is 4.69. The number of allylic oxidation sites excluding steroid dienone is 1. The number of rotatable bonds is 3. The molecular weight excluding hydrogens is 244 g/mol. The van der Waals surface area contributed by atoms with Gasteiger partial charge >= 0.3 is 0 Å². The first kappa shape index (κ1) is 14.8. The van der Waals surface area contributed by atoms with Crippen molar-refractivity contribution in [3.05, 3.63) is 29.3 Å². The average Bonchev–Trinajstić information content (AvgIpc) is 2.30. The lowest BCUT2D eigenvalue weighted by Gasteiger charge is -2.10. The zero-order valence-corrected chi connectivity index (χ0v) is 11.5. The highest BCUT2D eigenvalue weighted by Gasteiger charge is 2.10. The Morgan fingerprint density at radius 2 is 1.68 bits per heavy atom. The lowest BCUT2D eigenvalue weighted by Crippen LogP contribution is -2.14. The van der Waals surface area contributed by atoms with Gasteiger partial charge in [0.25, 0.3) is 5.91 Å². The second-order valence-corrected chi connectivity index (χ2v) is 4.49. The highest BCUT2D eigenvalue weighted by Crippen LogP contribution is 2.27. The van der Waals surface area contributed by atoms with Crippen molar-refractivity contribution in [2.45, 2.75) is 27.7 Å². The molecule has 0 fully saturated rings. The number of benzene rings is 1. The molecule has 0 spiro atoms. The monoisotopic (exact) mass is 262 g/mol. The maximum Gasteiger partial charge on any atom is 0.251 e. The molecule has 1 aromatic carbocycles. The number of nitrogens with one attached hydrogen (secondary N) is 2. The van der Waals surface area contributed by atoms with Gasteiger partial charge in [-0.1, -0.05) is 5.57 Å². The van der Waals surface area contributed by atoms with Crippen molar-refractivity contribution in [1.82, 2.24) is 0 Å². The van der Waals surface area contributed by atoms with Crippen LogP contribution in [0.5, 0.6) is 5.75 Å². The minimum atomic E-state index is -0.262. The number of aromatic hydroxyl groups is 1. The van der Waals surface area contributed by atoms with E-state index < -0.39 is 0 Å². The normalized spacial score (nSPS) is 9.68. The van der Waals surface area contributed by atoms with Crippen LogP contribution in [-0.4, -0.2) is 16.9 Å². The fourth-order valence-electron chi connectivity index (χ4n) is 1.36. The summed E-state index contributed by atoms with van der Waals surface area (Å²) >= 11 is 0. The lowest BCUT2D eigenvalue weighted by molar-refractivity contribution is -0.114. The van der Waals surface area contributed by atoms with Gasteiger partial charge in [-0.15, -0.1) is 0 Å². The SMILES string of the molecule is CC(=O)Nc1ccc(NC(=O)C(C)=C(C)C)c(O)c1. The van der Waals surface area contributed by atoms with E-state index in [1.54, 1.807) is 13.0 Å². The molecule has 0 aliphatic heterocycles. The summed E-state index contributed by atoms with van der Waals surface area (Å²) in [6, 6.07) is 4.53. The predicted molar refractivity (Wildman–Crippen MR) is 75.1 cm³/mol. The standard InChI is InChI=1S/C14H18N2O3/c1-8(2)9(3)14(19)16-12-6-5-11(7-13(12)18)15-10(4)17/h5-7,18H,1-4H3,(H,15,17)(H,16,19). The van der Waals surface area contributed by atoms with E-state index in [0.717, 1.165) is 5.57 Å². The Morgan fingerprint density at radius 3 is 2.16 bits per heavy atom. The summed E-state index contributed by atoms with van der Waals surface area (Å²) in [6.07, 6.45) is 0. The van der Waals surface area contributed by atoms with Crippen molar-refractivity contribution in [2.75, 3.05) is 10.6 Å². The van der Waals surface area contributed by atoms with Crippen LogP contribution in [0.1, 0.15) is 27.7 Å². The molecule has 0 atom stereocenters. The van der Waals surface area contributed by atoms with E-state index in [0.29, 0.717) is 16.9 Å². The van der Waals surface area contributed by atoms with Gasteiger partial charge in [-0.2, -0.15) is 0 Å². The molecule has 5 nitrogen and oxygen atoms in total. The van der Waals surface area contributed by atoms with Gasteiger partial charge in [0.15, 0.2) is 0 Å². The predicted octanol–water partition coefficient (Wildman–Crippen LogP) is 2.65. The Morgan fingerprint density at radius 1 is 1.05 bits per heavy atom. The number of carbonyl (C=O) groups is 2. The van der Waals surface area contributed by atoms with Crippen LogP contribution >= 0.6 is 0 Å². The molecule has 0 radical (unpaired) electrons. The molecule has 0 unspecified atom stereocenters. The van der Waals surface area contributed by atoms with Crippen LogP contribution in [-0.2, 0) is 9.59 Å². The van der Waals surface area contributed by atoms with Crippen LogP contribution in [0.4, 0.5) is 11.4 Å². The molecule has 3 N–H and O–H groups in total. The first-order valence-corrected chi connectivity index (χ1v) is 5.87. The number of anilines is 2. The zero-order valence-electron chi connectivity index (χ0n) is 11.5. The van der Waals surface area contributed by atoms with Gasteiger partial charge in [0.2, 0.25) is 5.91 Å². The molecule has 0 saturated carbocycles. The Labute approximate surface area is 112 Å². The summed E-state index contributed by atoms with van der Waals surface area (Å²) < 4.78 is 0. The first-order valence-electron chi connectivity index (χ1n) is 5.87. The number of hydrogen-bond donors (Lipinski definition) is 3. The molecule has 0 aromatic heterocycles. The van der Waals surface area contributed by atoms with Gasteiger partial charge in [-0.3, -0.25) is 9.59 Å². The quantitative estimate of drug-likeness (QED) is 0.578. The Hall–Kier alpha value is -2.30. The number of hydrogen-bond acceptors (Lipinski definition) is 3. The summed E-state index contributed by atoms with van der Waals surface area (Å²) in [6.45, 7) is 6.78. The minimum Gasteiger partial charge on any atom is -0.506 e. The van der Waals surface area contributed by atoms with Crippen LogP contribution in [0.2, 0.25) is 0 Å². The Balaban J connectivity index is 2.89. The molecular formula is C14H18N2O3. The van der Waals surface area contributed by atoms with E-state index in [4.69, 9.17) is 0 Å². The average molecular weight is 262 g/mol. The van der Waals surface area contributed by atoms with Gasteiger partial charge in [0.1, 0.15) is 5.75 Å². The maximum atomic E-state index is 11.8. The van der Waals surface area contributed by atoms with E-state index in [-0.39, 0.29) is 17.6 Å². The third-order valence-corrected chi connectivity index (χ3v) is 2.66. The van der Waals surface area contributed by atoms with Crippen LogP contribution < -0.4 is 10.6 Å². The summed E-state index contributed by atoms with van der Waals surface area (Å²) in [4.78, 5) is 22.7. The number of carbonyl (C=O) groups excluding carboxylic acids is 2. The van der Waals surface area contributed by atoms with Crippen LogP contribution in [0.15, 0.2) is 29.3 Å². The number of amides is 2. The molecule has 1 rings (SSSR count). The van der Waals surface area contributed by atoms with Crippen molar-refractivity contribution in [1.29, 1.82) is 0 Å². The topological polar surface area (TPSA) is 78.4 Å². The smallest absolute Gasteiger partial charge is 0.251 e. The fraction of sp³-hybridized carbons (Fsp3) is 0.286. The highest BCUT2D eigenvalue weighted by atomic mass is 16.3. The molecule has 0 bridgehead atoms. The summed E-state index contributed by atoms with van der Waals surface area (Å²) in [5.74, 6) is -0.583. The van der Waals surface area contributed by atoms with Crippen LogP contribution in [0.25, 0.3) is 0 Å². The largest absolute Gasteiger partial charge is 0.506 e. The molecule has 0 aliphatic rings. The zero-order chi connectivity index (χ0) is 14.6. The third-order valence-electron chi connectivity index (χ3n) is 2.66. The van der Waals surface area contributed by atoms with Crippen molar-refractivity contribution >= 4 is 23.2 Å². The molecule has 5 heteroatoms. The van der Waals surface area contributed by atoms with Crippen molar-refractivity contribution in [3.8, 4) is 5.75 Å². The fourth-order valence-corrected chi connectivity index (χ4v) is 1.36. The van der Waals surface area contributed by atoms with Crippen molar-refractivity contribution in [2.24, 2.45) is 0 Å². The van der Waals surface area contributed by atoms with E-state index >= 15 is 0 Å². The number of phenolic OH excluding ortho intramolecular Hbond substituents is 1. The molecule has 0 heterocycles. The van der Waals surface area contributed by atoms with E-state index in [2.05, 4.69) is 10.6 Å². The second-order valence-electron chi connectivity index (χ2n) is 4.49. The van der Waals surface area contributed by atoms with Crippen LogP contribution in [0.3, 0.4) is 0 Å². The number of phenols is 1. The molecule has 0 saturated heterocycles. The first-order chi connectivity index (χ1) is 8.81. The second kappa shape index (κ2) is 6.04. The summed E-state index contributed by atoms with van der Waals surface area (Å²) in [5.41, 5.74) is 2.29. The Bertz CT molecular complexity index is 544. The third kappa shape index (κ3) is 4.13. The molecule has 0 aliphatic carbocycles. The van der Waals surface area contributed by atoms with Crippen molar-refractivity contribution < 1.29 is 14.7 Å². The lowest BCUT2D eigenvalue weighted by atomic mass is 10.1. The molecule has 1 aromatic rings. The van der Waals surface area contributed by atoms with Gasteiger partial charge in [0, 0.05) is 24.3 Å². The molecule has 102 valence electrons. The van der Waals surface area contributed by atoms with E-state index in [9.17, 15) is 14.7 Å². The minimum absolute atomic E-state index is 0.0962. The maximum absolute atomic E-state index is 11.8. The van der Waals surface area contributed by atoms with Crippen molar-refractivity contribution in [3.63, 3.8) is 0 Å². The molecule has 2 amide bonds. The summed E-state index contributed by atoms with van der Waals surface area (Å²) in [7, 11) is 0. The molecule has 19 heavy (non-hydrogen) atoms. The van der Waals surface area contributed by atoms with E-state index in [1.165, 1.54) is 19.1 Å². The van der Waals surface area contributed by atoms with Gasteiger partial charge in [-0.25, -0.2) is 0 Å². The van der Waals surface area contributed by atoms with Gasteiger partial charge in [-0.05, 0) is 32.9 Å². The highest BCUT2D eigenvalue weighted by molar-refractivity contribution is 6.04. The van der Waals surface area contributed by atoms with Crippen LogP contribution in [0, 0.1) is 0 Å². The van der Waals surface area contributed by atoms with E-state index in [1.807, 2.05) is 13.8 Å². The van der Waals surface area contributed by atoms with Gasteiger partial charge < -0.3 is 15.7 Å². The van der Waals surface area contributed by atoms with Gasteiger partial charge in [0.05, 0.1) is 5.69 Å². The summed E-state index contributed by atoms with van der Waals surface area (Å²) in [5, 5.41) is 14.9.